The molecular formula is C26H23N3O2S. The standard InChI is InChI=1S/C26H23N3O2S/c1-19(15-21-10-4-3-5-11-21)17-27-28-26-29(18-23-13-8-14-31-23)25(30)24(32-26)16-22-12-7-6-9-20(22)2/h3-17H,18H2,1-2H3/b19-15+,24-16-,27-17-,28-26+. The lowest BCUT2D eigenvalue weighted by molar-refractivity contribution is -0.122. The highest BCUT2D eigenvalue weighted by Gasteiger charge is 2.34. The number of rotatable bonds is 6. The van der Waals surface area contributed by atoms with Gasteiger partial charge in [-0.1, -0.05) is 60.7 Å². The molecule has 1 saturated heterocycles. The van der Waals surface area contributed by atoms with E-state index in [2.05, 4.69) is 10.2 Å². The first-order valence-corrected chi connectivity index (χ1v) is 11.1. The van der Waals surface area contributed by atoms with Crippen molar-refractivity contribution >= 4 is 41.2 Å². The topological polar surface area (TPSA) is 58.2 Å². The minimum Gasteiger partial charge on any atom is -0.467 e. The predicted octanol–water partition coefficient (Wildman–Crippen LogP) is 6.15. The third kappa shape index (κ3) is 5.34. The van der Waals surface area contributed by atoms with Gasteiger partial charge >= 0.3 is 0 Å². The number of carbonyl (C=O) groups excluding carboxylic acids is 1. The first-order chi connectivity index (χ1) is 15.6. The molecule has 1 aliphatic rings. The highest BCUT2D eigenvalue weighted by molar-refractivity contribution is 8.18. The van der Waals surface area contributed by atoms with Gasteiger partial charge in [-0.15, -0.1) is 5.10 Å². The Balaban J connectivity index is 1.59. The van der Waals surface area contributed by atoms with Gasteiger partial charge in [-0.3, -0.25) is 9.69 Å². The van der Waals surface area contributed by atoms with Crippen molar-refractivity contribution in [3.8, 4) is 0 Å². The summed E-state index contributed by atoms with van der Waals surface area (Å²) in [5, 5.41) is 9.13. The van der Waals surface area contributed by atoms with Crippen molar-refractivity contribution in [2.24, 2.45) is 10.2 Å². The second-order valence-corrected chi connectivity index (χ2v) is 8.37. The Morgan fingerprint density at radius 2 is 1.84 bits per heavy atom. The molecule has 32 heavy (non-hydrogen) atoms. The highest BCUT2D eigenvalue weighted by Crippen LogP contribution is 2.34. The molecule has 0 saturated carbocycles. The van der Waals surface area contributed by atoms with Gasteiger partial charge < -0.3 is 4.42 Å². The fraction of sp³-hybridized carbons (Fsp3) is 0.115. The summed E-state index contributed by atoms with van der Waals surface area (Å²) in [7, 11) is 0. The summed E-state index contributed by atoms with van der Waals surface area (Å²) in [6.45, 7) is 4.29. The maximum Gasteiger partial charge on any atom is 0.267 e. The zero-order valence-electron chi connectivity index (χ0n) is 17.9. The van der Waals surface area contributed by atoms with Crippen LogP contribution in [-0.4, -0.2) is 22.2 Å². The maximum absolute atomic E-state index is 13.1. The lowest BCUT2D eigenvalue weighted by atomic mass is 10.1. The number of hydrogen-bond acceptors (Lipinski definition) is 5. The van der Waals surface area contributed by atoms with Crippen molar-refractivity contribution in [3.05, 3.63) is 106 Å². The van der Waals surface area contributed by atoms with Crippen LogP contribution < -0.4 is 0 Å². The molecule has 5 nitrogen and oxygen atoms in total. The largest absolute Gasteiger partial charge is 0.467 e. The first kappa shape index (κ1) is 21.6. The molecule has 1 amide bonds. The highest BCUT2D eigenvalue weighted by atomic mass is 32.2. The SMILES string of the molecule is CC(/C=N\N=C1\S/C(=C\c2ccccc2C)C(=O)N1Cc1ccco1)=C\c1ccccc1. The van der Waals surface area contributed by atoms with Gasteiger partial charge in [0.05, 0.1) is 23.9 Å². The average molecular weight is 442 g/mol. The smallest absolute Gasteiger partial charge is 0.267 e. The summed E-state index contributed by atoms with van der Waals surface area (Å²) in [6, 6.07) is 21.6. The van der Waals surface area contributed by atoms with Crippen LogP contribution >= 0.6 is 11.8 Å². The van der Waals surface area contributed by atoms with Crippen LogP contribution in [0.4, 0.5) is 0 Å². The summed E-state index contributed by atoms with van der Waals surface area (Å²) >= 11 is 1.32. The third-order valence-electron chi connectivity index (χ3n) is 4.86. The number of furan rings is 1. The Labute approximate surface area is 191 Å². The maximum atomic E-state index is 13.1. The van der Waals surface area contributed by atoms with Crippen molar-refractivity contribution < 1.29 is 9.21 Å². The fourth-order valence-electron chi connectivity index (χ4n) is 3.19. The van der Waals surface area contributed by atoms with E-state index < -0.39 is 0 Å². The van der Waals surface area contributed by atoms with Crippen molar-refractivity contribution in [2.75, 3.05) is 0 Å². The molecule has 0 radical (unpaired) electrons. The van der Waals surface area contributed by atoms with Crippen LogP contribution in [0.2, 0.25) is 0 Å². The van der Waals surface area contributed by atoms with E-state index >= 15 is 0 Å². The average Bonchev–Trinajstić information content (AvgIpc) is 3.40. The summed E-state index contributed by atoms with van der Waals surface area (Å²) in [5.74, 6) is 0.577. The molecule has 2 aromatic carbocycles. The molecule has 160 valence electrons. The number of nitrogens with zero attached hydrogens (tertiary/aromatic N) is 3. The van der Waals surface area contributed by atoms with E-state index in [4.69, 9.17) is 4.42 Å². The van der Waals surface area contributed by atoms with Crippen LogP contribution in [0.15, 0.2) is 98.1 Å². The Morgan fingerprint density at radius 1 is 1.06 bits per heavy atom. The normalized spacial score (nSPS) is 17.2. The number of amidine groups is 1. The van der Waals surface area contributed by atoms with Gasteiger partial charge in [-0.25, -0.2) is 0 Å². The lowest BCUT2D eigenvalue weighted by Crippen LogP contribution is -2.28. The molecule has 4 rings (SSSR count). The zero-order valence-corrected chi connectivity index (χ0v) is 18.8. The van der Waals surface area contributed by atoms with Crippen LogP contribution in [-0.2, 0) is 11.3 Å². The Kier molecular flexibility index (Phi) is 6.82. The Hall–Kier alpha value is -3.64. The second kappa shape index (κ2) is 10.1. The molecule has 0 spiro atoms. The van der Waals surface area contributed by atoms with Crippen molar-refractivity contribution in [1.29, 1.82) is 0 Å². The molecule has 1 aliphatic heterocycles. The van der Waals surface area contributed by atoms with Crippen LogP contribution in [0, 0.1) is 6.92 Å². The van der Waals surface area contributed by atoms with Gasteiger partial charge in [0, 0.05) is 0 Å². The van der Waals surface area contributed by atoms with E-state index in [1.807, 2.05) is 86.7 Å². The van der Waals surface area contributed by atoms with Crippen LogP contribution in [0.25, 0.3) is 12.2 Å². The van der Waals surface area contributed by atoms with Crippen LogP contribution in [0.5, 0.6) is 0 Å². The summed E-state index contributed by atoms with van der Waals surface area (Å²) in [6.07, 6.45) is 7.23. The lowest BCUT2D eigenvalue weighted by Gasteiger charge is -2.12. The number of benzene rings is 2. The quantitative estimate of drug-likeness (QED) is 0.262. The van der Waals surface area contributed by atoms with Crippen molar-refractivity contribution in [3.63, 3.8) is 0 Å². The molecule has 1 aromatic heterocycles. The van der Waals surface area contributed by atoms with Crippen molar-refractivity contribution in [1.82, 2.24) is 4.90 Å². The number of aryl methyl sites for hydroxylation is 1. The monoisotopic (exact) mass is 441 g/mol. The van der Waals surface area contributed by atoms with E-state index in [1.54, 1.807) is 23.4 Å². The fourth-order valence-corrected chi connectivity index (χ4v) is 4.11. The van der Waals surface area contributed by atoms with E-state index in [0.29, 0.717) is 22.4 Å². The molecule has 0 N–H and O–H groups in total. The Morgan fingerprint density at radius 3 is 2.59 bits per heavy atom. The number of amides is 1. The Bertz CT molecular complexity index is 1210. The van der Waals surface area contributed by atoms with Crippen molar-refractivity contribution in [2.45, 2.75) is 20.4 Å². The van der Waals surface area contributed by atoms with E-state index in [1.165, 1.54) is 11.8 Å². The van der Waals surface area contributed by atoms with E-state index in [9.17, 15) is 4.79 Å². The van der Waals surface area contributed by atoms with Gasteiger partial charge in [0.15, 0.2) is 5.17 Å². The minimum atomic E-state index is -0.111. The second-order valence-electron chi connectivity index (χ2n) is 7.36. The number of carbonyl (C=O) groups is 1. The van der Waals surface area contributed by atoms with Gasteiger partial charge in [0.2, 0.25) is 0 Å². The predicted molar refractivity (Wildman–Crippen MR) is 132 cm³/mol. The van der Waals surface area contributed by atoms with Crippen LogP contribution in [0.3, 0.4) is 0 Å². The van der Waals surface area contributed by atoms with Gasteiger partial charge in [0.1, 0.15) is 5.76 Å². The molecule has 6 heteroatoms. The zero-order chi connectivity index (χ0) is 22.3. The third-order valence-corrected chi connectivity index (χ3v) is 5.85. The molecular weight excluding hydrogens is 418 g/mol. The van der Waals surface area contributed by atoms with Gasteiger partial charge in [-0.05, 0) is 66.1 Å². The first-order valence-electron chi connectivity index (χ1n) is 10.2. The molecule has 2 heterocycles. The van der Waals surface area contributed by atoms with E-state index in [0.717, 1.165) is 22.3 Å². The molecule has 3 aromatic rings. The molecule has 0 bridgehead atoms. The molecule has 0 atom stereocenters. The van der Waals surface area contributed by atoms with Gasteiger partial charge in [0.25, 0.3) is 5.91 Å². The van der Waals surface area contributed by atoms with Gasteiger partial charge in [-0.2, -0.15) is 5.10 Å². The summed E-state index contributed by atoms with van der Waals surface area (Å²) in [4.78, 5) is 15.4. The molecule has 0 unspecified atom stereocenters. The number of allylic oxidation sites excluding steroid dienone is 1. The number of hydrogen-bond donors (Lipinski definition) is 0. The summed E-state index contributed by atoms with van der Waals surface area (Å²) < 4.78 is 5.45. The molecule has 0 aliphatic carbocycles. The minimum absolute atomic E-state index is 0.111. The molecule has 1 fully saturated rings. The van der Waals surface area contributed by atoms with E-state index in [-0.39, 0.29) is 5.91 Å². The summed E-state index contributed by atoms with van der Waals surface area (Å²) in [5.41, 5.74) is 4.17. The van der Waals surface area contributed by atoms with Crippen LogP contribution in [0.1, 0.15) is 29.4 Å². The number of thioether (sulfide) groups is 1.